The maximum absolute atomic E-state index is 13.5. The van der Waals surface area contributed by atoms with Crippen LogP contribution in [0.15, 0.2) is 65.7 Å². The van der Waals surface area contributed by atoms with Crippen LogP contribution in [-0.2, 0) is 6.54 Å². The molecule has 0 fully saturated rings. The smallest absolute Gasteiger partial charge is 0.260 e. The zero-order chi connectivity index (χ0) is 20.4. The average Bonchev–Trinajstić information content (AvgIpc) is 3.21. The highest BCUT2D eigenvalue weighted by Gasteiger charge is 2.23. The number of thioether (sulfide) groups is 1. The maximum Gasteiger partial charge on any atom is 0.260 e. The Morgan fingerprint density at radius 3 is 2.62 bits per heavy atom. The van der Waals surface area contributed by atoms with Gasteiger partial charge in [-0.2, -0.15) is 0 Å². The fraction of sp³-hybridized carbons (Fsp3) is 0.174. The zero-order valence-corrected chi connectivity index (χ0v) is 18.2. The molecule has 2 aromatic heterocycles. The molecule has 0 bridgehead atoms. The number of hydrogen-bond donors (Lipinski definition) is 0. The van der Waals surface area contributed by atoms with Gasteiger partial charge in [-0.25, -0.2) is 4.98 Å². The van der Waals surface area contributed by atoms with Crippen LogP contribution in [0.25, 0.3) is 10.2 Å². The van der Waals surface area contributed by atoms with Gasteiger partial charge in [-0.1, -0.05) is 35.6 Å². The number of pyridine rings is 1. The third-order valence-corrected chi connectivity index (χ3v) is 6.71. The summed E-state index contributed by atoms with van der Waals surface area (Å²) in [6, 6.07) is 17.6. The molecule has 0 aliphatic rings. The summed E-state index contributed by atoms with van der Waals surface area (Å²) in [7, 11) is 0. The molecule has 4 aromatic rings. The minimum absolute atomic E-state index is 0.0686. The minimum Gasteiger partial charge on any atom is -0.278 e. The molecular weight excluding hydrogens is 398 g/mol. The molecule has 0 saturated carbocycles. The zero-order valence-electron chi connectivity index (χ0n) is 16.5. The molecule has 146 valence electrons. The molecule has 4 rings (SSSR count). The number of carbonyl (C=O) groups is 1. The van der Waals surface area contributed by atoms with Crippen LogP contribution in [0.2, 0.25) is 0 Å². The molecule has 0 N–H and O–H groups in total. The summed E-state index contributed by atoms with van der Waals surface area (Å²) in [5, 5.41) is 0.697. The first-order chi connectivity index (χ1) is 14.1. The molecule has 0 spiro atoms. The molecule has 0 atom stereocenters. The van der Waals surface area contributed by atoms with Crippen molar-refractivity contribution in [3.8, 4) is 0 Å². The van der Waals surface area contributed by atoms with Crippen molar-refractivity contribution in [2.75, 3.05) is 11.2 Å². The fourth-order valence-corrected chi connectivity index (χ4v) is 4.72. The van der Waals surface area contributed by atoms with E-state index in [9.17, 15) is 4.79 Å². The third-order valence-electron chi connectivity index (χ3n) is 4.77. The monoisotopic (exact) mass is 419 g/mol. The van der Waals surface area contributed by atoms with Crippen LogP contribution in [0.3, 0.4) is 0 Å². The number of aryl methyl sites for hydroxylation is 2. The number of carbonyl (C=O) groups excluding carboxylic acids is 1. The van der Waals surface area contributed by atoms with Crippen LogP contribution in [0, 0.1) is 13.8 Å². The molecule has 0 aliphatic carbocycles. The lowest BCUT2D eigenvalue weighted by atomic mass is 10.1. The van der Waals surface area contributed by atoms with E-state index in [-0.39, 0.29) is 5.91 Å². The fourth-order valence-electron chi connectivity index (χ4n) is 3.16. The molecule has 0 aliphatic heterocycles. The van der Waals surface area contributed by atoms with Crippen molar-refractivity contribution in [2.45, 2.75) is 25.3 Å². The van der Waals surface area contributed by atoms with Crippen molar-refractivity contribution in [2.24, 2.45) is 0 Å². The molecule has 0 unspecified atom stereocenters. The van der Waals surface area contributed by atoms with Crippen molar-refractivity contribution in [1.82, 2.24) is 9.97 Å². The van der Waals surface area contributed by atoms with Crippen LogP contribution in [0.5, 0.6) is 0 Å². The summed E-state index contributed by atoms with van der Waals surface area (Å²) in [5.74, 6) is -0.0686. The Hall–Kier alpha value is -2.70. The van der Waals surface area contributed by atoms with Gasteiger partial charge in [0.2, 0.25) is 0 Å². The van der Waals surface area contributed by atoms with E-state index in [2.05, 4.69) is 31.0 Å². The molecule has 0 radical (unpaired) electrons. The number of aromatic nitrogens is 2. The first-order valence-electron chi connectivity index (χ1n) is 9.29. The Bertz CT molecular complexity index is 1130. The summed E-state index contributed by atoms with van der Waals surface area (Å²) in [4.78, 5) is 25.6. The van der Waals surface area contributed by atoms with Crippen LogP contribution in [-0.4, -0.2) is 22.1 Å². The van der Waals surface area contributed by atoms with E-state index in [1.54, 1.807) is 34.2 Å². The lowest BCUT2D eigenvalue weighted by Gasteiger charge is -2.20. The van der Waals surface area contributed by atoms with E-state index in [1.807, 2.05) is 48.7 Å². The normalized spacial score (nSPS) is 11.0. The number of nitrogens with zero attached hydrogens (tertiary/aromatic N) is 3. The largest absolute Gasteiger partial charge is 0.278 e. The number of thiazole rings is 1. The molecule has 1 amide bonds. The summed E-state index contributed by atoms with van der Waals surface area (Å²) < 4.78 is 1.12. The van der Waals surface area contributed by atoms with Gasteiger partial charge in [0.25, 0.3) is 5.91 Å². The quantitative estimate of drug-likeness (QED) is 0.379. The van der Waals surface area contributed by atoms with E-state index in [0.29, 0.717) is 17.2 Å². The van der Waals surface area contributed by atoms with Crippen molar-refractivity contribution in [3.05, 3.63) is 83.2 Å². The SMILES string of the molecule is CSc1cccc(C(=O)N(Cc2ccccn2)c2nc3c(C)ccc(C)c3s2)c1. The van der Waals surface area contributed by atoms with Gasteiger partial charge >= 0.3 is 0 Å². The van der Waals surface area contributed by atoms with E-state index < -0.39 is 0 Å². The second kappa shape index (κ2) is 8.35. The highest BCUT2D eigenvalue weighted by atomic mass is 32.2. The Balaban J connectivity index is 1.81. The van der Waals surface area contributed by atoms with E-state index in [0.717, 1.165) is 26.4 Å². The van der Waals surface area contributed by atoms with Gasteiger partial charge in [0, 0.05) is 16.7 Å². The van der Waals surface area contributed by atoms with E-state index in [4.69, 9.17) is 4.98 Å². The molecule has 2 aromatic carbocycles. The van der Waals surface area contributed by atoms with E-state index >= 15 is 0 Å². The first kappa shape index (κ1) is 19.6. The van der Waals surface area contributed by atoms with E-state index in [1.165, 1.54) is 5.56 Å². The van der Waals surface area contributed by atoms with Gasteiger partial charge in [-0.3, -0.25) is 14.7 Å². The molecule has 6 heteroatoms. The van der Waals surface area contributed by atoms with Crippen molar-refractivity contribution in [3.63, 3.8) is 0 Å². The summed E-state index contributed by atoms with van der Waals surface area (Å²) in [6.45, 7) is 4.51. The first-order valence-corrected chi connectivity index (χ1v) is 11.3. The van der Waals surface area contributed by atoms with Gasteiger partial charge in [0.1, 0.15) is 0 Å². The predicted octanol–water partition coefficient (Wildman–Crippen LogP) is 5.88. The second-order valence-corrected chi connectivity index (χ2v) is 8.68. The van der Waals surface area contributed by atoms with Crippen LogP contribution in [0.1, 0.15) is 27.2 Å². The Labute approximate surface area is 178 Å². The molecule has 0 saturated heterocycles. The maximum atomic E-state index is 13.5. The van der Waals surface area contributed by atoms with Gasteiger partial charge in [-0.15, -0.1) is 11.8 Å². The van der Waals surface area contributed by atoms with Gasteiger partial charge in [0.05, 0.1) is 22.5 Å². The number of fused-ring (bicyclic) bond motifs is 1. The topological polar surface area (TPSA) is 46.1 Å². The van der Waals surface area contributed by atoms with Crippen molar-refractivity contribution >= 4 is 44.4 Å². The predicted molar refractivity (Wildman–Crippen MR) is 122 cm³/mol. The molecular formula is C23H21N3OS2. The number of anilines is 1. The van der Waals surface area contributed by atoms with Gasteiger partial charge in [-0.05, 0) is 61.6 Å². The lowest BCUT2D eigenvalue weighted by molar-refractivity contribution is 0.0984. The highest BCUT2D eigenvalue weighted by molar-refractivity contribution is 7.98. The highest BCUT2D eigenvalue weighted by Crippen LogP contribution is 2.34. The minimum atomic E-state index is -0.0686. The standard InChI is InChI=1S/C23H21N3OS2/c1-15-10-11-16(2)21-20(15)25-23(29-21)26(14-18-8-4-5-12-24-18)22(27)17-7-6-9-19(13-17)28-3/h4-13H,14H2,1-3H3. The number of hydrogen-bond acceptors (Lipinski definition) is 5. The molecule has 2 heterocycles. The number of benzene rings is 2. The molecule has 4 nitrogen and oxygen atoms in total. The average molecular weight is 420 g/mol. The van der Waals surface area contributed by atoms with Crippen molar-refractivity contribution in [1.29, 1.82) is 0 Å². The summed E-state index contributed by atoms with van der Waals surface area (Å²) in [5.41, 5.74) is 4.73. The number of rotatable bonds is 5. The van der Waals surface area contributed by atoms with Gasteiger partial charge in [0.15, 0.2) is 5.13 Å². The molecule has 29 heavy (non-hydrogen) atoms. The Kier molecular flexibility index (Phi) is 5.65. The van der Waals surface area contributed by atoms with Crippen LogP contribution < -0.4 is 4.90 Å². The van der Waals surface area contributed by atoms with Crippen molar-refractivity contribution < 1.29 is 4.79 Å². The summed E-state index contributed by atoms with van der Waals surface area (Å²) >= 11 is 3.18. The Morgan fingerprint density at radius 2 is 1.90 bits per heavy atom. The lowest BCUT2D eigenvalue weighted by Crippen LogP contribution is -2.30. The van der Waals surface area contributed by atoms with Crippen LogP contribution in [0.4, 0.5) is 5.13 Å². The third kappa shape index (κ3) is 4.04. The Morgan fingerprint density at radius 1 is 1.07 bits per heavy atom. The van der Waals surface area contributed by atoms with Crippen LogP contribution >= 0.6 is 23.1 Å². The number of amides is 1. The summed E-state index contributed by atoms with van der Waals surface area (Å²) in [6.07, 6.45) is 3.76. The second-order valence-electron chi connectivity index (χ2n) is 6.82. The van der Waals surface area contributed by atoms with Gasteiger partial charge < -0.3 is 0 Å².